The Morgan fingerprint density at radius 1 is 1.12 bits per heavy atom. The van der Waals surface area contributed by atoms with Crippen LogP contribution in [-0.4, -0.2) is 25.7 Å². The van der Waals surface area contributed by atoms with Crippen molar-refractivity contribution in [3.63, 3.8) is 0 Å². The van der Waals surface area contributed by atoms with E-state index in [4.69, 9.17) is 0 Å². The maximum atomic E-state index is 3.65. The lowest BCUT2D eigenvalue weighted by Gasteiger charge is -2.21. The minimum Gasteiger partial charge on any atom is -0.316 e. The van der Waals surface area contributed by atoms with Gasteiger partial charge in [-0.05, 0) is 63.1 Å². The molecule has 0 aliphatic heterocycles. The van der Waals surface area contributed by atoms with Crippen LogP contribution in [-0.2, 0) is 0 Å². The molecule has 3 unspecified atom stereocenters. The number of nitrogens with one attached hydrogen (secondary N) is 2. The predicted molar refractivity (Wildman–Crippen MR) is 69.6 cm³/mol. The highest BCUT2D eigenvalue weighted by Gasteiger charge is 2.38. The van der Waals surface area contributed by atoms with Crippen molar-refractivity contribution in [1.29, 1.82) is 0 Å². The molecule has 2 rings (SSSR count). The highest BCUT2D eigenvalue weighted by atomic mass is 14.9. The van der Waals surface area contributed by atoms with Gasteiger partial charge in [-0.15, -0.1) is 0 Å². The Hall–Kier alpha value is -0.0800. The van der Waals surface area contributed by atoms with Crippen LogP contribution in [0.4, 0.5) is 0 Å². The second-order valence-electron chi connectivity index (χ2n) is 6.10. The standard InChI is InChI=1S/C14H28N2/c1-11(2)16-7-3-6-15-10-14-9-12-4-5-13(14)8-12/h11-16H,3-10H2,1-2H3. The molecular weight excluding hydrogens is 196 g/mol. The smallest absolute Gasteiger partial charge is 0.00103 e. The molecule has 3 atom stereocenters. The maximum Gasteiger partial charge on any atom is 0.00103 e. The van der Waals surface area contributed by atoms with Crippen LogP contribution in [0.2, 0.25) is 0 Å². The predicted octanol–water partition coefficient (Wildman–Crippen LogP) is 2.40. The Morgan fingerprint density at radius 3 is 2.62 bits per heavy atom. The van der Waals surface area contributed by atoms with Crippen molar-refractivity contribution in [1.82, 2.24) is 10.6 Å². The van der Waals surface area contributed by atoms with E-state index in [0.717, 1.165) is 24.3 Å². The van der Waals surface area contributed by atoms with Crippen LogP contribution >= 0.6 is 0 Å². The summed E-state index contributed by atoms with van der Waals surface area (Å²) in [6.07, 6.45) is 7.37. The fourth-order valence-electron chi connectivity index (χ4n) is 3.52. The molecule has 2 aliphatic carbocycles. The second kappa shape index (κ2) is 6.02. The molecule has 2 fully saturated rings. The first kappa shape index (κ1) is 12.4. The normalized spacial score (nSPS) is 32.8. The zero-order valence-corrected chi connectivity index (χ0v) is 11.0. The molecule has 0 aromatic carbocycles. The summed E-state index contributed by atoms with van der Waals surface area (Å²) in [4.78, 5) is 0. The van der Waals surface area contributed by atoms with Gasteiger partial charge in [0.15, 0.2) is 0 Å². The summed E-state index contributed by atoms with van der Waals surface area (Å²) >= 11 is 0. The van der Waals surface area contributed by atoms with Crippen molar-refractivity contribution in [2.75, 3.05) is 19.6 Å². The van der Waals surface area contributed by atoms with Gasteiger partial charge >= 0.3 is 0 Å². The van der Waals surface area contributed by atoms with Crippen LogP contribution < -0.4 is 10.6 Å². The average Bonchev–Trinajstić information content (AvgIpc) is 2.84. The molecule has 0 amide bonds. The molecule has 0 heterocycles. The molecule has 2 heteroatoms. The van der Waals surface area contributed by atoms with E-state index >= 15 is 0 Å². The minimum atomic E-state index is 0.630. The third-order valence-corrected chi connectivity index (χ3v) is 4.37. The van der Waals surface area contributed by atoms with Gasteiger partial charge in [0.1, 0.15) is 0 Å². The van der Waals surface area contributed by atoms with E-state index in [-0.39, 0.29) is 0 Å². The molecule has 0 spiro atoms. The molecule has 0 saturated heterocycles. The van der Waals surface area contributed by atoms with Gasteiger partial charge in [0.2, 0.25) is 0 Å². The molecule has 2 bridgehead atoms. The van der Waals surface area contributed by atoms with E-state index in [2.05, 4.69) is 24.5 Å². The van der Waals surface area contributed by atoms with Crippen molar-refractivity contribution >= 4 is 0 Å². The fourth-order valence-corrected chi connectivity index (χ4v) is 3.52. The van der Waals surface area contributed by atoms with Gasteiger partial charge in [-0.2, -0.15) is 0 Å². The largest absolute Gasteiger partial charge is 0.316 e. The zero-order chi connectivity index (χ0) is 11.4. The van der Waals surface area contributed by atoms with E-state index < -0.39 is 0 Å². The van der Waals surface area contributed by atoms with Crippen LogP contribution in [0.1, 0.15) is 46.0 Å². The SMILES string of the molecule is CC(C)NCCCNCC1CC2CCC1C2. The van der Waals surface area contributed by atoms with Crippen molar-refractivity contribution in [2.24, 2.45) is 17.8 Å². The van der Waals surface area contributed by atoms with Crippen LogP contribution in [0.25, 0.3) is 0 Å². The van der Waals surface area contributed by atoms with Gasteiger partial charge in [0.25, 0.3) is 0 Å². The average molecular weight is 224 g/mol. The first-order chi connectivity index (χ1) is 7.75. The first-order valence-corrected chi connectivity index (χ1v) is 7.20. The van der Waals surface area contributed by atoms with E-state index in [9.17, 15) is 0 Å². The number of hydrogen-bond donors (Lipinski definition) is 2. The van der Waals surface area contributed by atoms with Gasteiger partial charge in [0, 0.05) is 6.04 Å². The second-order valence-corrected chi connectivity index (χ2v) is 6.10. The van der Waals surface area contributed by atoms with Crippen LogP contribution in [0.3, 0.4) is 0 Å². The summed E-state index contributed by atoms with van der Waals surface area (Å²) in [7, 11) is 0. The monoisotopic (exact) mass is 224 g/mol. The molecule has 16 heavy (non-hydrogen) atoms. The fraction of sp³-hybridized carbons (Fsp3) is 1.00. The first-order valence-electron chi connectivity index (χ1n) is 7.20. The van der Waals surface area contributed by atoms with E-state index in [1.165, 1.54) is 38.8 Å². The van der Waals surface area contributed by atoms with Gasteiger partial charge in [-0.3, -0.25) is 0 Å². The molecule has 0 aromatic rings. The zero-order valence-electron chi connectivity index (χ0n) is 11.0. The molecule has 0 radical (unpaired) electrons. The van der Waals surface area contributed by atoms with E-state index in [1.807, 2.05) is 0 Å². The summed E-state index contributed by atoms with van der Waals surface area (Å²) in [5, 5.41) is 7.11. The van der Waals surface area contributed by atoms with Crippen molar-refractivity contribution < 1.29 is 0 Å². The Balaban J connectivity index is 1.46. The lowest BCUT2D eigenvalue weighted by molar-refractivity contribution is 0.318. The number of hydrogen-bond acceptors (Lipinski definition) is 2. The summed E-state index contributed by atoms with van der Waals surface area (Å²) < 4.78 is 0. The number of fused-ring (bicyclic) bond motifs is 2. The van der Waals surface area contributed by atoms with Gasteiger partial charge in [-0.1, -0.05) is 20.3 Å². The van der Waals surface area contributed by atoms with E-state index in [0.29, 0.717) is 6.04 Å². The topological polar surface area (TPSA) is 24.1 Å². The number of rotatable bonds is 7. The summed E-state index contributed by atoms with van der Waals surface area (Å²) in [6, 6.07) is 0.630. The van der Waals surface area contributed by atoms with Crippen LogP contribution in [0.15, 0.2) is 0 Å². The molecule has 2 nitrogen and oxygen atoms in total. The Bertz CT molecular complexity index is 203. The van der Waals surface area contributed by atoms with Crippen molar-refractivity contribution in [2.45, 2.75) is 52.0 Å². The Kier molecular flexibility index (Phi) is 4.66. The highest BCUT2D eigenvalue weighted by molar-refractivity contribution is 4.90. The van der Waals surface area contributed by atoms with Crippen LogP contribution in [0.5, 0.6) is 0 Å². The Labute approximate surface area is 101 Å². The van der Waals surface area contributed by atoms with Crippen molar-refractivity contribution in [3.05, 3.63) is 0 Å². The van der Waals surface area contributed by atoms with Gasteiger partial charge in [0.05, 0.1) is 0 Å². The van der Waals surface area contributed by atoms with E-state index in [1.54, 1.807) is 6.42 Å². The maximum absolute atomic E-state index is 3.65. The summed E-state index contributed by atoms with van der Waals surface area (Å²) in [5.74, 6) is 3.18. The molecular formula is C14H28N2. The molecule has 2 aliphatic rings. The molecule has 2 saturated carbocycles. The lowest BCUT2D eigenvalue weighted by atomic mass is 9.89. The minimum absolute atomic E-state index is 0.630. The third kappa shape index (κ3) is 3.46. The summed E-state index contributed by atoms with van der Waals surface area (Å²) in [6.45, 7) is 8.04. The highest BCUT2D eigenvalue weighted by Crippen LogP contribution is 2.47. The lowest BCUT2D eigenvalue weighted by Crippen LogP contribution is -2.30. The van der Waals surface area contributed by atoms with Gasteiger partial charge in [-0.25, -0.2) is 0 Å². The van der Waals surface area contributed by atoms with Crippen molar-refractivity contribution in [3.8, 4) is 0 Å². The third-order valence-electron chi connectivity index (χ3n) is 4.37. The summed E-state index contributed by atoms with van der Waals surface area (Å²) in [5.41, 5.74) is 0. The molecule has 94 valence electrons. The quantitative estimate of drug-likeness (QED) is 0.649. The van der Waals surface area contributed by atoms with Crippen LogP contribution in [0, 0.1) is 17.8 Å². The van der Waals surface area contributed by atoms with Gasteiger partial charge < -0.3 is 10.6 Å². The Morgan fingerprint density at radius 2 is 2.00 bits per heavy atom. The molecule has 2 N–H and O–H groups in total. The molecule has 0 aromatic heterocycles.